The molecule has 0 atom stereocenters. The van der Waals surface area contributed by atoms with Crippen LogP contribution in [0.5, 0.6) is 0 Å². The summed E-state index contributed by atoms with van der Waals surface area (Å²) in [7, 11) is -5.39. The molecular weight excluding hydrogens is 625 g/mol. The van der Waals surface area contributed by atoms with Crippen molar-refractivity contribution in [2.75, 3.05) is 0 Å². The second-order valence-corrected chi connectivity index (χ2v) is 1.34. The second-order valence-electron chi connectivity index (χ2n) is 0.447. The minimum absolute atomic E-state index is 0. The van der Waals surface area contributed by atoms with Gasteiger partial charge in [-0.2, -0.15) is 7.82 Å². The van der Waals surface area contributed by atoms with Crippen molar-refractivity contribution < 1.29 is 46.5 Å². The minimum Gasteiger partial charge on any atom is -0.822 e. The summed E-state index contributed by atoms with van der Waals surface area (Å²) < 4.78 is 8.55. The van der Waals surface area contributed by atoms with Gasteiger partial charge in [-0.05, 0) is 0 Å². The van der Waals surface area contributed by atoms with E-state index in [1.807, 2.05) is 0 Å². The maximum absolute atomic E-state index is 8.55. The van der Waals surface area contributed by atoms with Crippen molar-refractivity contribution in [3.8, 4) is 0 Å². The molecule has 0 spiro atoms. The monoisotopic (exact) mass is 627 g/mol. The van der Waals surface area contributed by atoms with E-state index in [2.05, 4.69) is 0 Å². The normalized spacial score (nSPS) is 7.38. The van der Waals surface area contributed by atoms with E-state index < -0.39 is 7.82 Å². The third-order valence-corrected chi connectivity index (χ3v) is 0. The second kappa shape index (κ2) is 9.80. The van der Waals surface area contributed by atoms with Gasteiger partial charge in [0.25, 0.3) is 0 Å². The maximum Gasteiger partial charge on any atom is 3.00 e. The summed E-state index contributed by atoms with van der Waals surface area (Å²) in [5.41, 5.74) is 0. The van der Waals surface area contributed by atoms with Crippen molar-refractivity contribution in [3.05, 3.63) is 0 Å². The van der Waals surface area contributed by atoms with Gasteiger partial charge in [0.1, 0.15) is 0 Å². The Hall–Kier alpha value is 2.80. The van der Waals surface area contributed by atoms with E-state index >= 15 is 0 Å². The summed E-state index contributed by atoms with van der Waals surface area (Å²) in [5, 5.41) is 0. The maximum atomic E-state index is 8.55. The standard InChI is InChI=1S/2Bi.Cd.H3O4P/c;;;1-5(2,3)4/h;;;(H3,1,2,3,4)/q2*+3;+2;/p-3. The summed E-state index contributed by atoms with van der Waals surface area (Å²) in [6.07, 6.45) is 0. The van der Waals surface area contributed by atoms with Gasteiger partial charge < -0.3 is 19.2 Å². The first-order chi connectivity index (χ1) is 2.00. The van der Waals surface area contributed by atoms with Crippen LogP contribution in [0.3, 0.4) is 0 Å². The molecular formula is Bi2CdO4P+5. The predicted molar refractivity (Wildman–Crippen MR) is 19.1 cm³/mol. The zero-order valence-electron chi connectivity index (χ0n) is 3.68. The third kappa shape index (κ3) is 68.3. The van der Waals surface area contributed by atoms with Crippen molar-refractivity contribution in [2.24, 2.45) is 0 Å². The van der Waals surface area contributed by atoms with Crippen LogP contribution in [0.1, 0.15) is 0 Å². The molecule has 8 heavy (non-hydrogen) atoms. The van der Waals surface area contributed by atoms with Crippen LogP contribution < -0.4 is 14.7 Å². The van der Waals surface area contributed by atoms with Gasteiger partial charge in [0.2, 0.25) is 0 Å². The largest absolute Gasteiger partial charge is 3.00 e. The molecule has 36 valence electrons. The van der Waals surface area contributed by atoms with Gasteiger partial charge in [-0.15, -0.1) is 0 Å². The molecule has 8 heteroatoms. The van der Waals surface area contributed by atoms with Gasteiger partial charge in [-0.1, -0.05) is 0 Å². The van der Waals surface area contributed by atoms with E-state index in [-0.39, 0.29) is 79.7 Å². The SMILES string of the molecule is O=P([O-])([O-])[O-].[Bi+3].[Bi+3].[Cd+2]. The van der Waals surface area contributed by atoms with Crippen LogP contribution in [0.25, 0.3) is 0 Å². The average Bonchev–Trinajstić information content (AvgIpc) is 0.722. The molecule has 0 aliphatic heterocycles. The Bertz CT molecular complexity index is 60.2. The minimum atomic E-state index is -5.39. The van der Waals surface area contributed by atoms with Crippen molar-refractivity contribution in [1.29, 1.82) is 0 Å². The van der Waals surface area contributed by atoms with Crippen LogP contribution in [0.15, 0.2) is 0 Å². The van der Waals surface area contributed by atoms with Gasteiger partial charge in [0, 0.05) is 0 Å². The van der Waals surface area contributed by atoms with E-state index in [1.165, 1.54) is 0 Å². The number of hydrogen-bond acceptors (Lipinski definition) is 4. The quantitative estimate of drug-likeness (QED) is 0.206. The molecule has 0 amide bonds. The van der Waals surface area contributed by atoms with E-state index in [4.69, 9.17) is 19.2 Å². The van der Waals surface area contributed by atoms with Crippen molar-refractivity contribution >= 4 is 60.2 Å². The summed E-state index contributed by atoms with van der Waals surface area (Å²) in [4.78, 5) is 25.6. The molecule has 0 aromatic rings. The van der Waals surface area contributed by atoms with Gasteiger partial charge in [-0.25, -0.2) is 0 Å². The molecule has 0 aromatic heterocycles. The Morgan fingerprint density at radius 3 is 1.00 bits per heavy atom. The van der Waals surface area contributed by atoms with Crippen LogP contribution in [0.4, 0.5) is 0 Å². The molecule has 0 saturated heterocycles. The zero-order valence-corrected chi connectivity index (χ0v) is 15.6. The third-order valence-electron chi connectivity index (χ3n) is 0. The Labute approximate surface area is 105 Å². The smallest absolute Gasteiger partial charge is 0.822 e. The average molecular weight is 625 g/mol. The molecule has 0 aliphatic carbocycles. The number of rotatable bonds is 0. The molecule has 4 radical (unpaired) electrons. The number of phosphoric acid groups is 1. The van der Waals surface area contributed by atoms with Gasteiger partial charge in [0.05, 0.1) is 0 Å². The summed E-state index contributed by atoms with van der Waals surface area (Å²) in [5.74, 6) is 0. The van der Waals surface area contributed by atoms with Crippen LogP contribution >= 0.6 is 7.82 Å². The molecule has 0 N–H and O–H groups in total. The van der Waals surface area contributed by atoms with E-state index in [0.29, 0.717) is 0 Å². The molecule has 0 rings (SSSR count). The van der Waals surface area contributed by atoms with Crippen LogP contribution in [0.2, 0.25) is 0 Å². The Balaban J connectivity index is -0.0000000267. The van der Waals surface area contributed by atoms with E-state index in [1.54, 1.807) is 0 Å². The molecule has 0 aromatic carbocycles. The first kappa shape index (κ1) is 22.4. The van der Waals surface area contributed by atoms with Crippen LogP contribution in [0, 0.1) is 0 Å². The fourth-order valence-corrected chi connectivity index (χ4v) is 0. The van der Waals surface area contributed by atoms with Crippen LogP contribution in [-0.4, -0.2) is 52.4 Å². The molecule has 0 unspecified atom stereocenters. The first-order valence-electron chi connectivity index (χ1n) is 0.730. The molecule has 0 heterocycles. The molecule has 0 bridgehead atoms. The predicted octanol–water partition coefficient (Wildman–Crippen LogP) is -3.59. The fourth-order valence-electron chi connectivity index (χ4n) is 0. The van der Waals surface area contributed by atoms with E-state index in [0.717, 1.165) is 0 Å². The number of hydrogen-bond donors (Lipinski definition) is 0. The van der Waals surface area contributed by atoms with Crippen molar-refractivity contribution in [3.63, 3.8) is 0 Å². The fraction of sp³-hybridized carbons (Fsp3) is 0. The summed E-state index contributed by atoms with van der Waals surface area (Å²) in [6.45, 7) is 0. The van der Waals surface area contributed by atoms with Crippen molar-refractivity contribution in [1.82, 2.24) is 0 Å². The Morgan fingerprint density at radius 1 is 1.00 bits per heavy atom. The summed E-state index contributed by atoms with van der Waals surface area (Å²) >= 11 is 0. The molecule has 4 nitrogen and oxygen atoms in total. The van der Waals surface area contributed by atoms with Gasteiger partial charge in [-0.3, -0.25) is 0 Å². The van der Waals surface area contributed by atoms with Gasteiger partial charge >= 0.3 is 79.7 Å². The first-order valence-corrected chi connectivity index (χ1v) is 2.19. The molecule has 0 aliphatic rings. The molecule has 0 saturated carbocycles. The Kier molecular flexibility index (Phi) is 27.5. The van der Waals surface area contributed by atoms with Gasteiger partial charge in [0.15, 0.2) is 0 Å². The summed E-state index contributed by atoms with van der Waals surface area (Å²) in [6, 6.07) is 0. The Morgan fingerprint density at radius 2 is 1.00 bits per heavy atom. The zero-order chi connectivity index (χ0) is 4.50. The topological polar surface area (TPSA) is 86.2 Å². The van der Waals surface area contributed by atoms with Crippen molar-refractivity contribution in [2.45, 2.75) is 0 Å². The molecule has 0 fully saturated rings. The van der Waals surface area contributed by atoms with E-state index in [9.17, 15) is 0 Å². The van der Waals surface area contributed by atoms with Crippen LogP contribution in [-0.2, 0) is 31.9 Å².